The normalized spacial score (nSPS) is 13.0. The van der Waals surface area contributed by atoms with E-state index < -0.39 is 5.97 Å². The molecular formula is C24H24N2O4S. The molecule has 1 aliphatic carbocycles. The van der Waals surface area contributed by atoms with Gasteiger partial charge in [-0.2, -0.15) is 0 Å². The predicted molar refractivity (Wildman–Crippen MR) is 117 cm³/mol. The average Bonchev–Trinajstić information content (AvgIpc) is 3.12. The molecule has 2 heterocycles. The smallest absolute Gasteiger partial charge is 0.341 e. The van der Waals surface area contributed by atoms with Gasteiger partial charge < -0.3 is 9.26 Å². The van der Waals surface area contributed by atoms with Crippen LogP contribution in [0, 0.1) is 13.8 Å². The van der Waals surface area contributed by atoms with E-state index in [2.05, 4.69) is 10.1 Å². The van der Waals surface area contributed by atoms with E-state index >= 15 is 0 Å². The molecule has 0 atom stereocenters. The number of Topliss-reactive ketones (excluding diaryl/α,β-unsaturated/α-hetero) is 1. The number of carbonyl (C=O) groups excluding carboxylic acids is 2. The quantitative estimate of drug-likeness (QED) is 0.296. The zero-order valence-electron chi connectivity index (χ0n) is 17.6. The van der Waals surface area contributed by atoms with Crippen molar-refractivity contribution in [1.82, 2.24) is 10.1 Å². The van der Waals surface area contributed by atoms with Crippen LogP contribution in [0.5, 0.6) is 0 Å². The second-order valence-electron chi connectivity index (χ2n) is 7.64. The molecule has 0 saturated heterocycles. The summed E-state index contributed by atoms with van der Waals surface area (Å²) in [6.07, 6.45) is 6.03. The summed E-state index contributed by atoms with van der Waals surface area (Å²) in [4.78, 5) is 29.6. The van der Waals surface area contributed by atoms with Gasteiger partial charge in [-0.25, -0.2) is 9.78 Å². The van der Waals surface area contributed by atoms with Crippen LogP contribution in [0.25, 0.3) is 0 Å². The fourth-order valence-corrected chi connectivity index (χ4v) is 4.84. The molecular weight excluding hydrogens is 412 g/mol. The topological polar surface area (TPSA) is 82.3 Å². The molecule has 0 fully saturated rings. The minimum Gasteiger partial charge on any atom is -0.454 e. The van der Waals surface area contributed by atoms with Crippen LogP contribution in [0.3, 0.4) is 0 Å². The number of hydrogen-bond acceptors (Lipinski definition) is 7. The lowest BCUT2D eigenvalue weighted by atomic mass is 9.90. The number of ketones is 1. The lowest BCUT2D eigenvalue weighted by Gasteiger charge is -2.16. The Balaban J connectivity index is 1.40. The second kappa shape index (κ2) is 9.47. The van der Waals surface area contributed by atoms with Crippen LogP contribution >= 0.6 is 11.8 Å². The molecule has 160 valence electrons. The van der Waals surface area contributed by atoms with Gasteiger partial charge in [-0.15, -0.1) is 11.8 Å². The molecule has 3 aromatic rings. The SMILES string of the molecule is Cc1noc(C)c1CSc1ncccc1C(=O)OCC(=O)c1ccc2c(c1)CCCC2. The minimum atomic E-state index is -0.555. The van der Waals surface area contributed by atoms with Crippen molar-refractivity contribution in [3.8, 4) is 0 Å². The molecule has 0 spiro atoms. The molecule has 31 heavy (non-hydrogen) atoms. The fourth-order valence-electron chi connectivity index (χ4n) is 3.71. The van der Waals surface area contributed by atoms with Gasteiger partial charge in [0.2, 0.25) is 0 Å². The maximum Gasteiger partial charge on any atom is 0.341 e. The van der Waals surface area contributed by atoms with Crippen molar-refractivity contribution in [2.24, 2.45) is 0 Å². The maximum atomic E-state index is 12.7. The van der Waals surface area contributed by atoms with E-state index in [1.807, 2.05) is 32.0 Å². The van der Waals surface area contributed by atoms with Gasteiger partial charge in [0.05, 0.1) is 11.3 Å². The van der Waals surface area contributed by atoms with Gasteiger partial charge in [0.15, 0.2) is 12.4 Å². The van der Waals surface area contributed by atoms with Crippen molar-refractivity contribution in [3.05, 3.63) is 75.8 Å². The second-order valence-corrected chi connectivity index (χ2v) is 8.60. The Morgan fingerprint density at radius 3 is 2.71 bits per heavy atom. The third-order valence-electron chi connectivity index (χ3n) is 5.53. The van der Waals surface area contributed by atoms with Gasteiger partial charge in [0, 0.05) is 23.1 Å². The van der Waals surface area contributed by atoms with E-state index in [1.165, 1.54) is 29.3 Å². The number of aryl methyl sites for hydroxylation is 4. The molecule has 0 unspecified atom stereocenters. The standard InChI is InChI=1S/C24H24N2O4S/c1-15-21(16(2)30-26-15)14-31-23-20(8-5-11-25-23)24(28)29-13-22(27)19-10-9-17-6-3-4-7-18(17)12-19/h5,8-12H,3-4,6-7,13-14H2,1-2H3. The molecule has 0 N–H and O–H groups in total. The Kier molecular flexibility index (Phi) is 6.51. The molecule has 0 aliphatic heterocycles. The first-order chi connectivity index (χ1) is 15.0. The van der Waals surface area contributed by atoms with Crippen LogP contribution in [0.2, 0.25) is 0 Å². The number of aromatic nitrogens is 2. The molecule has 0 bridgehead atoms. The zero-order valence-corrected chi connectivity index (χ0v) is 18.5. The third-order valence-corrected chi connectivity index (χ3v) is 6.56. The Morgan fingerprint density at radius 1 is 1.13 bits per heavy atom. The largest absolute Gasteiger partial charge is 0.454 e. The van der Waals surface area contributed by atoms with E-state index in [1.54, 1.807) is 18.3 Å². The highest BCUT2D eigenvalue weighted by atomic mass is 32.2. The van der Waals surface area contributed by atoms with Gasteiger partial charge in [-0.05, 0) is 68.9 Å². The van der Waals surface area contributed by atoms with Crippen molar-refractivity contribution in [1.29, 1.82) is 0 Å². The van der Waals surface area contributed by atoms with Crippen molar-refractivity contribution < 1.29 is 18.8 Å². The van der Waals surface area contributed by atoms with Crippen LogP contribution in [0.15, 0.2) is 46.1 Å². The van der Waals surface area contributed by atoms with E-state index in [-0.39, 0.29) is 12.4 Å². The summed E-state index contributed by atoms with van der Waals surface area (Å²) >= 11 is 1.41. The van der Waals surface area contributed by atoms with Crippen LogP contribution in [-0.2, 0) is 23.3 Å². The summed E-state index contributed by atoms with van der Waals surface area (Å²) < 4.78 is 10.5. The molecule has 6 nitrogen and oxygen atoms in total. The summed E-state index contributed by atoms with van der Waals surface area (Å²) in [5.41, 5.74) is 5.28. The summed E-state index contributed by atoms with van der Waals surface area (Å²) in [7, 11) is 0. The number of nitrogens with zero attached hydrogens (tertiary/aromatic N) is 2. The Morgan fingerprint density at radius 2 is 1.94 bits per heavy atom. The number of rotatable bonds is 7. The first kappa shape index (κ1) is 21.3. The van der Waals surface area contributed by atoms with Crippen LogP contribution in [0.1, 0.15) is 61.7 Å². The van der Waals surface area contributed by atoms with Crippen molar-refractivity contribution in [2.45, 2.75) is 50.3 Å². The first-order valence-electron chi connectivity index (χ1n) is 10.3. The van der Waals surface area contributed by atoms with Crippen molar-refractivity contribution >= 4 is 23.5 Å². The van der Waals surface area contributed by atoms with Crippen LogP contribution in [0.4, 0.5) is 0 Å². The Labute approximate surface area is 185 Å². The predicted octanol–water partition coefficient (Wildman–Crippen LogP) is 4.90. The number of esters is 1. The summed E-state index contributed by atoms with van der Waals surface area (Å²) in [5, 5.41) is 4.50. The zero-order chi connectivity index (χ0) is 21.8. The molecule has 4 rings (SSSR count). The average molecular weight is 437 g/mol. The molecule has 1 aliphatic rings. The lowest BCUT2D eigenvalue weighted by molar-refractivity contribution is 0.0470. The number of fused-ring (bicyclic) bond motifs is 1. The maximum absolute atomic E-state index is 12.7. The number of benzene rings is 1. The van der Waals surface area contributed by atoms with Gasteiger partial charge in [-0.3, -0.25) is 4.79 Å². The highest BCUT2D eigenvalue weighted by Gasteiger charge is 2.19. The molecule has 0 amide bonds. The number of carbonyl (C=O) groups is 2. The van der Waals surface area contributed by atoms with Gasteiger partial charge in [0.25, 0.3) is 0 Å². The molecule has 1 aromatic carbocycles. The molecule has 2 aromatic heterocycles. The van der Waals surface area contributed by atoms with E-state index in [9.17, 15) is 9.59 Å². The molecule has 0 radical (unpaired) electrons. The Hall–Kier alpha value is -2.93. The minimum absolute atomic E-state index is 0.199. The van der Waals surface area contributed by atoms with Gasteiger partial charge in [-0.1, -0.05) is 17.3 Å². The highest BCUT2D eigenvalue weighted by molar-refractivity contribution is 7.98. The number of hydrogen-bond donors (Lipinski definition) is 0. The van der Waals surface area contributed by atoms with Crippen molar-refractivity contribution in [2.75, 3.05) is 6.61 Å². The Bertz CT molecular complexity index is 1100. The summed E-state index contributed by atoms with van der Waals surface area (Å²) in [6, 6.07) is 9.14. The third kappa shape index (κ3) is 4.88. The summed E-state index contributed by atoms with van der Waals surface area (Å²) in [5.74, 6) is 0.573. The lowest BCUT2D eigenvalue weighted by Crippen LogP contribution is -2.16. The van der Waals surface area contributed by atoms with E-state index in [4.69, 9.17) is 9.26 Å². The number of pyridine rings is 1. The molecule has 7 heteroatoms. The fraction of sp³-hybridized carbons (Fsp3) is 0.333. The van der Waals surface area contributed by atoms with E-state index in [0.717, 1.165) is 36.3 Å². The van der Waals surface area contributed by atoms with Gasteiger partial charge in [0.1, 0.15) is 10.8 Å². The van der Waals surface area contributed by atoms with Crippen molar-refractivity contribution in [3.63, 3.8) is 0 Å². The van der Waals surface area contributed by atoms with E-state index in [0.29, 0.717) is 21.9 Å². The van der Waals surface area contributed by atoms with Gasteiger partial charge >= 0.3 is 5.97 Å². The number of thioether (sulfide) groups is 1. The molecule has 0 saturated carbocycles. The summed E-state index contributed by atoms with van der Waals surface area (Å²) in [6.45, 7) is 3.45. The number of ether oxygens (including phenoxy) is 1. The highest BCUT2D eigenvalue weighted by Crippen LogP contribution is 2.28. The van der Waals surface area contributed by atoms with Crippen LogP contribution in [-0.4, -0.2) is 28.5 Å². The first-order valence-corrected chi connectivity index (χ1v) is 11.3. The van der Waals surface area contributed by atoms with Crippen LogP contribution < -0.4 is 0 Å². The monoisotopic (exact) mass is 436 g/mol.